The number of carbonyl (C=O) groups is 1. The van der Waals surface area contributed by atoms with E-state index < -0.39 is 0 Å². The van der Waals surface area contributed by atoms with Gasteiger partial charge in [-0.2, -0.15) is 5.10 Å². The monoisotopic (exact) mass is 300 g/mol. The largest absolute Gasteiger partial charge is 0.469 e. The second kappa shape index (κ2) is 4.97. The molecule has 4 fully saturated rings. The zero-order valence-electron chi connectivity index (χ0n) is 13.4. The van der Waals surface area contributed by atoms with Crippen LogP contribution in [0.3, 0.4) is 0 Å². The van der Waals surface area contributed by atoms with E-state index in [2.05, 4.69) is 17.5 Å². The minimum Gasteiger partial charge on any atom is -0.469 e. The summed E-state index contributed by atoms with van der Waals surface area (Å²) < 4.78 is 5.18. The molecular weight excluding hydrogens is 276 g/mol. The summed E-state index contributed by atoms with van der Waals surface area (Å²) >= 11 is 0. The Balaban J connectivity index is 1.51. The number of aryl methyl sites for hydroxylation is 1. The predicted molar refractivity (Wildman–Crippen MR) is 84.6 cm³/mol. The Morgan fingerprint density at radius 2 is 1.82 bits per heavy atom. The number of rotatable bonds is 3. The minimum absolute atomic E-state index is 0.171. The Morgan fingerprint density at radius 1 is 1.23 bits per heavy atom. The first-order valence-electron chi connectivity index (χ1n) is 8.45. The van der Waals surface area contributed by atoms with E-state index >= 15 is 0 Å². The molecule has 4 aliphatic rings. The molecule has 1 aromatic rings. The van der Waals surface area contributed by atoms with Crippen molar-refractivity contribution in [3.05, 3.63) is 23.7 Å². The summed E-state index contributed by atoms with van der Waals surface area (Å²) in [4.78, 5) is 12.2. The van der Waals surface area contributed by atoms with Gasteiger partial charge in [0.2, 0.25) is 0 Å². The molecular formula is C18H24N2O2. The van der Waals surface area contributed by atoms with Crippen LogP contribution in [0.1, 0.15) is 61.6 Å². The van der Waals surface area contributed by atoms with Gasteiger partial charge in [0.15, 0.2) is 0 Å². The van der Waals surface area contributed by atoms with Crippen LogP contribution in [0, 0.1) is 30.1 Å². The van der Waals surface area contributed by atoms with Crippen LogP contribution in [0.2, 0.25) is 0 Å². The fourth-order valence-corrected chi connectivity index (χ4v) is 5.49. The van der Waals surface area contributed by atoms with E-state index in [-0.39, 0.29) is 11.3 Å². The van der Waals surface area contributed by atoms with Crippen molar-refractivity contribution in [2.75, 3.05) is 0 Å². The SMILES string of the molecule is C/C(=N\NC(=O)c1ccoc1C)C12CC3CC(CC(C3)C1)C2. The highest BCUT2D eigenvalue weighted by molar-refractivity contribution is 5.96. The first kappa shape index (κ1) is 14.0. The highest BCUT2D eigenvalue weighted by Gasteiger charge is 2.52. The van der Waals surface area contributed by atoms with Crippen molar-refractivity contribution >= 4 is 11.6 Å². The molecule has 4 saturated carbocycles. The molecule has 4 nitrogen and oxygen atoms in total. The Morgan fingerprint density at radius 3 is 2.32 bits per heavy atom. The average molecular weight is 300 g/mol. The summed E-state index contributed by atoms with van der Waals surface area (Å²) in [6, 6.07) is 1.69. The Bertz CT molecular complexity index is 594. The first-order valence-corrected chi connectivity index (χ1v) is 8.45. The van der Waals surface area contributed by atoms with Gasteiger partial charge in [-0.15, -0.1) is 0 Å². The van der Waals surface area contributed by atoms with Crippen molar-refractivity contribution in [1.82, 2.24) is 5.43 Å². The van der Waals surface area contributed by atoms with Crippen LogP contribution in [0.15, 0.2) is 21.8 Å². The quantitative estimate of drug-likeness (QED) is 0.679. The minimum atomic E-state index is -0.171. The summed E-state index contributed by atoms with van der Waals surface area (Å²) in [5, 5.41) is 4.49. The van der Waals surface area contributed by atoms with Crippen LogP contribution >= 0.6 is 0 Å². The maximum Gasteiger partial charge on any atom is 0.274 e. The molecule has 1 heterocycles. The lowest BCUT2D eigenvalue weighted by molar-refractivity contribution is -0.0128. The molecule has 0 aromatic carbocycles. The maximum absolute atomic E-state index is 12.2. The molecule has 0 atom stereocenters. The summed E-state index contributed by atoms with van der Waals surface area (Å²) in [5.74, 6) is 3.14. The van der Waals surface area contributed by atoms with E-state index in [1.165, 1.54) is 38.5 Å². The van der Waals surface area contributed by atoms with Crippen molar-refractivity contribution in [2.24, 2.45) is 28.3 Å². The summed E-state index contributed by atoms with van der Waals surface area (Å²) in [6.45, 7) is 3.90. The van der Waals surface area contributed by atoms with Crippen LogP contribution in [0.25, 0.3) is 0 Å². The third kappa shape index (κ3) is 2.20. The van der Waals surface area contributed by atoms with Crippen molar-refractivity contribution in [2.45, 2.75) is 52.4 Å². The van der Waals surface area contributed by atoms with Gasteiger partial charge in [0.1, 0.15) is 5.76 Å². The number of nitrogens with one attached hydrogen (secondary N) is 1. The molecule has 0 aliphatic heterocycles. The number of amides is 1. The van der Waals surface area contributed by atoms with Gasteiger partial charge in [0, 0.05) is 11.1 Å². The molecule has 5 rings (SSSR count). The van der Waals surface area contributed by atoms with Crippen LogP contribution in [0.5, 0.6) is 0 Å². The van der Waals surface area contributed by atoms with Crippen molar-refractivity contribution in [3.63, 3.8) is 0 Å². The van der Waals surface area contributed by atoms with Crippen LogP contribution in [-0.4, -0.2) is 11.6 Å². The van der Waals surface area contributed by atoms with Gasteiger partial charge in [0.25, 0.3) is 5.91 Å². The maximum atomic E-state index is 12.2. The molecule has 22 heavy (non-hydrogen) atoms. The van der Waals surface area contributed by atoms with Gasteiger partial charge < -0.3 is 4.42 Å². The van der Waals surface area contributed by atoms with Crippen molar-refractivity contribution in [1.29, 1.82) is 0 Å². The standard InChI is InChI=1S/C18H24N2O2/c1-11-16(3-4-22-11)17(21)20-19-12(2)18-8-13-5-14(9-18)7-15(6-13)10-18/h3-4,13-15H,5-10H2,1-2H3,(H,20,21)/b19-12+. The highest BCUT2D eigenvalue weighted by atomic mass is 16.3. The third-order valence-corrected chi connectivity index (χ3v) is 6.23. The lowest BCUT2D eigenvalue weighted by Gasteiger charge is -2.56. The first-order chi connectivity index (χ1) is 10.6. The highest BCUT2D eigenvalue weighted by Crippen LogP contribution is 2.60. The third-order valence-electron chi connectivity index (χ3n) is 6.23. The molecule has 0 spiro atoms. The number of hydrazone groups is 1. The normalized spacial score (nSPS) is 36.6. The fraction of sp³-hybridized carbons (Fsp3) is 0.667. The zero-order valence-corrected chi connectivity index (χ0v) is 13.4. The van der Waals surface area contributed by atoms with E-state index in [4.69, 9.17) is 4.42 Å². The number of hydrogen-bond donors (Lipinski definition) is 1. The molecule has 1 aromatic heterocycles. The number of furan rings is 1. The summed E-state index contributed by atoms with van der Waals surface area (Å²) in [6.07, 6.45) is 9.63. The second-order valence-electron chi connectivity index (χ2n) is 7.73. The molecule has 1 N–H and O–H groups in total. The predicted octanol–water partition coefficient (Wildman–Crippen LogP) is 3.91. The Hall–Kier alpha value is -1.58. The summed E-state index contributed by atoms with van der Waals surface area (Å²) in [7, 11) is 0. The van der Waals surface area contributed by atoms with E-state index in [0.717, 1.165) is 23.5 Å². The molecule has 4 heteroatoms. The lowest BCUT2D eigenvalue weighted by Crippen LogP contribution is -2.49. The van der Waals surface area contributed by atoms with Crippen LogP contribution in [0.4, 0.5) is 0 Å². The average Bonchev–Trinajstić information content (AvgIpc) is 2.89. The van der Waals surface area contributed by atoms with Gasteiger partial charge in [-0.3, -0.25) is 4.79 Å². The molecule has 4 aliphatic carbocycles. The topological polar surface area (TPSA) is 54.6 Å². The van der Waals surface area contributed by atoms with E-state index in [0.29, 0.717) is 11.3 Å². The molecule has 4 bridgehead atoms. The number of nitrogens with zero attached hydrogens (tertiary/aromatic N) is 1. The molecule has 1 amide bonds. The van der Waals surface area contributed by atoms with Crippen LogP contribution in [-0.2, 0) is 0 Å². The number of carbonyl (C=O) groups excluding carboxylic acids is 1. The van der Waals surface area contributed by atoms with E-state index in [1.54, 1.807) is 19.3 Å². The van der Waals surface area contributed by atoms with Crippen molar-refractivity contribution in [3.8, 4) is 0 Å². The fourth-order valence-electron chi connectivity index (χ4n) is 5.49. The Kier molecular flexibility index (Phi) is 3.17. The smallest absolute Gasteiger partial charge is 0.274 e. The van der Waals surface area contributed by atoms with E-state index in [9.17, 15) is 4.79 Å². The summed E-state index contributed by atoms with van der Waals surface area (Å²) in [5.41, 5.74) is 4.69. The lowest BCUT2D eigenvalue weighted by atomic mass is 9.48. The van der Waals surface area contributed by atoms with Gasteiger partial charge in [-0.1, -0.05) is 0 Å². The van der Waals surface area contributed by atoms with E-state index in [1.807, 2.05) is 0 Å². The zero-order chi connectivity index (χ0) is 15.3. The number of hydrogen-bond acceptors (Lipinski definition) is 3. The van der Waals surface area contributed by atoms with Gasteiger partial charge in [-0.25, -0.2) is 5.43 Å². The molecule has 118 valence electrons. The van der Waals surface area contributed by atoms with Gasteiger partial charge >= 0.3 is 0 Å². The van der Waals surface area contributed by atoms with Crippen molar-refractivity contribution < 1.29 is 9.21 Å². The second-order valence-corrected chi connectivity index (χ2v) is 7.73. The molecule has 0 saturated heterocycles. The van der Waals surface area contributed by atoms with Gasteiger partial charge in [-0.05, 0) is 76.2 Å². The van der Waals surface area contributed by atoms with Crippen LogP contribution < -0.4 is 5.43 Å². The van der Waals surface area contributed by atoms with Gasteiger partial charge in [0.05, 0.1) is 11.8 Å². The molecule has 0 unspecified atom stereocenters. The molecule has 0 radical (unpaired) electrons. The Labute approximate surface area is 131 Å².